The van der Waals surface area contributed by atoms with Gasteiger partial charge in [0, 0.05) is 11.7 Å². The molecule has 20 heavy (non-hydrogen) atoms. The van der Waals surface area contributed by atoms with Crippen molar-refractivity contribution in [2.24, 2.45) is 0 Å². The van der Waals surface area contributed by atoms with Gasteiger partial charge < -0.3 is 5.32 Å². The van der Waals surface area contributed by atoms with Gasteiger partial charge in [0.1, 0.15) is 5.82 Å². The van der Waals surface area contributed by atoms with E-state index in [9.17, 15) is 17.6 Å². The van der Waals surface area contributed by atoms with Crippen molar-refractivity contribution >= 4 is 21.6 Å². The highest BCUT2D eigenvalue weighted by Gasteiger charge is 2.24. The van der Waals surface area contributed by atoms with Crippen LogP contribution in [0.1, 0.15) is 20.3 Å². The standard InChI is InChI=1S/C13H19FN2O3S/c1-4-10(2)16(20(3,18)19)9-13(17)15-12-7-5-11(14)6-8-12/h5-8,10H,4,9H2,1-3H3,(H,15,17). The zero-order valence-electron chi connectivity index (χ0n) is 11.8. The number of carbonyl (C=O) groups excluding carboxylic acids is 1. The molecule has 1 aromatic rings. The third-order valence-electron chi connectivity index (χ3n) is 2.94. The van der Waals surface area contributed by atoms with Crippen LogP contribution in [0.15, 0.2) is 24.3 Å². The predicted molar refractivity (Wildman–Crippen MR) is 76.3 cm³/mol. The molecule has 0 heterocycles. The maximum absolute atomic E-state index is 12.7. The van der Waals surface area contributed by atoms with E-state index < -0.39 is 21.7 Å². The van der Waals surface area contributed by atoms with Crippen molar-refractivity contribution in [1.29, 1.82) is 0 Å². The van der Waals surface area contributed by atoms with Gasteiger partial charge in [-0.2, -0.15) is 4.31 Å². The van der Waals surface area contributed by atoms with Crippen LogP contribution < -0.4 is 5.32 Å². The van der Waals surface area contributed by atoms with E-state index in [2.05, 4.69) is 5.32 Å². The molecule has 0 aliphatic rings. The summed E-state index contributed by atoms with van der Waals surface area (Å²) in [6, 6.07) is 5.02. The molecular weight excluding hydrogens is 283 g/mol. The number of halogens is 1. The second-order valence-corrected chi connectivity index (χ2v) is 6.56. The molecule has 112 valence electrons. The number of rotatable bonds is 6. The lowest BCUT2D eigenvalue weighted by molar-refractivity contribution is -0.116. The minimum Gasteiger partial charge on any atom is -0.325 e. The van der Waals surface area contributed by atoms with Crippen molar-refractivity contribution in [3.63, 3.8) is 0 Å². The summed E-state index contributed by atoms with van der Waals surface area (Å²) in [7, 11) is -3.46. The Morgan fingerprint density at radius 1 is 1.35 bits per heavy atom. The summed E-state index contributed by atoms with van der Waals surface area (Å²) in [6.45, 7) is 3.33. The van der Waals surface area contributed by atoms with Gasteiger partial charge in [0.05, 0.1) is 12.8 Å². The number of nitrogens with zero attached hydrogens (tertiary/aromatic N) is 1. The molecular formula is C13H19FN2O3S. The zero-order valence-corrected chi connectivity index (χ0v) is 12.6. The number of amides is 1. The second-order valence-electron chi connectivity index (χ2n) is 4.62. The number of benzene rings is 1. The lowest BCUT2D eigenvalue weighted by atomic mass is 10.2. The van der Waals surface area contributed by atoms with Crippen LogP contribution in [-0.4, -0.2) is 37.5 Å². The van der Waals surface area contributed by atoms with E-state index in [-0.39, 0.29) is 12.6 Å². The molecule has 0 saturated heterocycles. The summed E-state index contributed by atoms with van der Waals surface area (Å²) >= 11 is 0. The molecule has 1 unspecified atom stereocenters. The molecule has 1 amide bonds. The molecule has 0 aromatic heterocycles. The molecule has 1 aromatic carbocycles. The van der Waals surface area contributed by atoms with Gasteiger partial charge in [-0.15, -0.1) is 0 Å². The minimum absolute atomic E-state index is 0.259. The van der Waals surface area contributed by atoms with Crippen molar-refractivity contribution in [2.45, 2.75) is 26.3 Å². The van der Waals surface area contributed by atoms with Crippen LogP contribution in [0.25, 0.3) is 0 Å². The Hall–Kier alpha value is -1.47. The molecule has 0 fully saturated rings. The van der Waals surface area contributed by atoms with Crippen LogP contribution in [0.2, 0.25) is 0 Å². The summed E-state index contributed by atoms with van der Waals surface area (Å²) in [5.74, 6) is -0.859. The van der Waals surface area contributed by atoms with Gasteiger partial charge in [-0.1, -0.05) is 6.92 Å². The lowest BCUT2D eigenvalue weighted by Gasteiger charge is -2.25. The average molecular weight is 302 g/mol. The molecule has 0 saturated carbocycles. The van der Waals surface area contributed by atoms with Gasteiger partial charge in [0.25, 0.3) is 0 Å². The van der Waals surface area contributed by atoms with Gasteiger partial charge in [0.2, 0.25) is 15.9 Å². The zero-order chi connectivity index (χ0) is 15.3. The van der Waals surface area contributed by atoms with E-state index in [1.807, 2.05) is 6.92 Å². The van der Waals surface area contributed by atoms with Crippen molar-refractivity contribution in [3.8, 4) is 0 Å². The first-order valence-electron chi connectivity index (χ1n) is 6.26. The topological polar surface area (TPSA) is 66.5 Å². The van der Waals surface area contributed by atoms with Crippen molar-refractivity contribution in [1.82, 2.24) is 4.31 Å². The Morgan fingerprint density at radius 2 is 1.90 bits per heavy atom. The number of carbonyl (C=O) groups is 1. The van der Waals surface area contributed by atoms with Crippen molar-refractivity contribution < 1.29 is 17.6 Å². The van der Waals surface area contributed by atoms with Gasteiger partial charge in [-0.05, 0) is 37.6 Å². The van der Waals surface area contributed by atoms with E-state index in [1.165, 1.54) is 24.3 Å². The van der Waals surface area contributed by atoms with E-state index in [1.54, 1.807) is 6.92 Å². The van der Waals surface area contributed by atoms with E-state index in [0.29, 0.717) is 12.1 Å². The summed E-state index contributed by atoms with van der Waals surface area (Å²) in [4.78, 5) is 11.9. The van der Waals surface area contributed by atoms with E-state index in [0.717, 1.165) is 10.6 Å². The third kappa shape index (κ3) is 4.90. The molecule has 0 aliphatic heterocycles. The fourth-order valence-electron chi connectivity index (χ4n) is 1.68. The highest BCUT2D eigenvalue weighted by Crippen LogP contribution is 2.11. The fraction of sp³-hybridized carbons (Fsp3) is 0.462. The molecule has 0 aliphatic carbocycles. The molecule has 1 rings (SSSR count). The first-order chi connectivity index (χ1) is 9.24. The second kappa shape index (κ2) is 6.81. The van der Waals surface area contributed by atoms with Gasteiger partial charge in [-0.3, -0.25) is 4.79 Å². The Morgan fingerprint density at radius 3 is 2.35 bits per heavy atom. The lowest BCUT2D eigenvalue weighted by Crippen LogP contribution is -2.42. The largest absolute Gasteiger partial charge is 0.325 e. The number of anilines is 1. The Balaban J connectivity index is 2.74. The highest BCUT2D eigenvalue weighted by molar-refractivity contribution is 7.88. The first-order valence-corrected chi connectivity index (χ1v) is 8.11. The number of nitrogens with one attached hydrogen (secondary N) is 1. The summed E-state index contributed by atoms with van der Waals surface area (Å²) in [5, 5.41) is 2.54. The van der Waals surface area contributed by atoms with Crippen molar-refractivity contribution in [2.75, 3.05) is 18.1 Å². The smallest absolute Gasteiger partial charge is 0.239 e. The van der Waals surface area contributed by atoms with Gasteiger partial charge in [-0.25, -0.2) is 12.8 Å². The summed E-state index contributed by atoms with van der Waals surface area (Å²) in [5.41, 5.74) is 0.425. The minimum atomic E-state index is -3.46. The molecule has 1 atom stereocenters. The van der Waals surface area contributed by atoms with Crippen LogP contribution in [0.3, 0.4) is 0 Å². The van der Waals surface area contributed by atoms with Crippen LogP contribution in [-0.2, 0) is 14.8 Å². The number of sulfonamides is 1. The molecule has 7 heteroatoms. The maximum Gasteiger partial charge on any atom is 0.239 e. The SMILES string of the molecule is CCC(C)N(CC(=O)Nc1ccc(F)cc1)S(C)(=O)=O. The summed E-state index contributed by atoms with van der Waals surface area (Å²) in [6.07, 6.45) is 1.68. The quantitative estimate of drug-likeness (QED) is 0.871. The Bertz CT molecular complexity index is 557. The predicted octanol–water partition coefficient (Wildman–Crippen LogP) is 1.82. The first kappa shape index (κ1) is 16.6. The maximum atomic E-state index is 12.7. The number of hydrogen-bond donors (Lipinski definition) is 1. The Labute approximate surface area is 118 Å². The van der Waals surface area contributed by atoms with Crippen molar-refractivity contribution in [3.05, 3.63) is 30.1 Å². The molecule has 1 N–H and O–H groups in total. The van der Waals surface area contributed by atoms with Crippen LogP contribution in [0.4, 0.5) is 10.1 Å². The van der Waals surface area contributed by atoms with Gasteiger partial charge in [0.15, 0.2) is 0 Å². The Kier molecular flexibility index (Phi) is 5.64. The van der Waals surface area contributed by atoms with Gasteiger partial charge >= 0.3 is 0 Å². The van der Waals surface area contributed by atoms with Crippen LogP contribution in [0.5, 0.6) is 0 Å². The molecule has 0 bridgehead atoms. The molecule has 5 nitrogen and oxygen atoms in total. The number of hydrogen-bond acceptors (Lipinski definition) is 3. The average Bonchev–Trinajstić information content (AvgIpc) is 2.36. The van der Waals surface area contributed by atoms with E-state index >= 15 is 0 Å². The van der Waals surface area contributed by atoms with E-state index in [4.69, 9.17) is 0 Å². The van der Waals surface area contributed by atoms with Crippen LogP contribution >= 0.6 is 0 Å². The summed E-state index contributed by atoms with van der Waals surface area (Å²) < 4.78 is 37.2. The normalized spacial score (nSPS) is 13.2. The highest BCUT2D eigenvalue weighted by atomic mass is 32.2. The third-order valence-corrected chi connectivity index (χ3v) is 4.28. The fourth-order valence-corrected chi connectivity index (χ4v) is 2.83. The molecule has 0 spiro atoms. The van der Waals surface area contributed by atoms with Crippen LogP contribution in [0, 0.1) is 5.82 Å². The monoisotopic (exact) mass is 302 g/mol. The molecule has 0 radical (unpaired) electrons.